The summed E-state index contributed by atoms with van der Waals surface area (Å²) in [4.78, 5) is 13.1. The summed E-state index contributed by atoms with van der Waals surface area (Å²) < 4.78 is 5.19. The molecule has 0 aliphatic carbocycles. The molecule has 0 aromatic rings. The summed E-state index contributed by atoms with van der Waals surface area (Å²) in [5.74, 6) is -0.401. The van der Waals surface area contributed by atoms with Gasteiger partial charge in [0.2, 0.25) is 5.91 Å². The third-order valence-electron chi connectivity index (χ3n) is 2.42. The fourth-order valence-electron chi connectivity index (χ4n) is 1.65. The molecule has 2 atom stereocenters. The molecule has 86 valence electrons. The maximum atomic E-state index is 11.0. The lowest BCUT2D eigenvalue weighted by molar-refractivity contribution is -0.129. The van der Waals surface area contributed by atoms with Crippen LogP contribution in [0.3, 0.4) is 0 Å². The van der Waals surface area contributed by atoms with E-state index < -0.39 is 0 Å². The molecule has 0 spiro atoms. The minimum Gasteiger partial charge on any atom is -0.381 e. The molecule has 2 N–H and O–H groups in total. The van der Waals surface area contributed by atoms with E-state index in [1.165, 1.54) is 0 Å². The Morgan fingerprint density at radius 2 is 2.07 bits per heavy atom. The number of primary amides is 1. The molecule has 4 nitrogen and oxygen atoms in total. The van der Waals surface area contributed by atoms with Crippen molar-refractivity contribution in [2.45, 2.75) is 12.5 Å². The highest BCUT2D eigenvalue weighted by atomic mass is 35.5. The second-order valence-electron chi connectivity index (χ2n) is 3.33. The average molecular weight is 245 g/mol. The first-order valence-corrected chi connectivity index (χ1v) is 4.15. The van der Waals surface area contributed by atoms with Crippen LogP contribution in [-0.4, -0.2) is 44.2 Å². The van der Waals surface area contributed by atoms with Crippen LogP contribution in [0.5, 0.6) is 0 Å². The van der Waals surface area contributed by atoms with Crippen LogP contribution in [0, 0.1) is 5.92 Å². The topological polar surface area (TPSA) is 55.6 Å². The Morgan fingerprint density at radius 1 is 1.50 bits per heavy atom. The van der Waals surface area contributed by atoms with E-state index in [2.05, 4.69) is 4.90 Å². The first kappa shape index (κ1) is 16.4. The molecule has 1 heterocycles. The molecular weight excluding hydrogens is 227 g/mol. The number of carbonyl (C=O) groups is 1. The largest absolute Gasteiger partial charge is 0.381 e. The van der Waals surface area contributed by atoms with Crippen molar-refractivity contribution in [3.63, 3.8) is 0 Å². The zero-order valence-electron chi connectivity index (χ0n) is 8.43. The van der Waals surface area contributed by atoms with Gasteiger partial charge in [0.15, 0.2) is 0 Å². The van der Waals surface area contributed by atoms with Crippen molar-refractivity contribution >= 4 is 30.7 Å². The Balaban J connectivity index is 0. The first-order chi connectivity index (χ1) is 5.65. The number of piperidine rings is 1. The molecule has 1 saturated heterocycles. The maximum absolute atomic E-state index is 11.0. The molecule has 0 radical (unpaired) electrons. The van der Waals surface area contributed by atoms with E-state index in [9.17, 15) is 4.79 Å². The van der Waals surface area contributed by atoms with E-state index in [0.717, 1.165) is 13.0 Å². The molecule has 1 aliphatic rings. The summed E-state index contributed by atoms with van der Waals surface area (Å²) in [6, 6.07) is 0. The lowest BCUT2D eigenvalue weighted by Crippen LogP contribution is -2.47. The van der Waals surface area contributed by atoms with Gasteiger partial charge in [0.05, 0.1) is 12.0 Å². The predicted octanol–water partition coefficient (Wildman–Crippen LogP) is 0.282. The zero-order valence-corrected chi connectivity index (χ0v) is 10.1. The fraction of sp³-hybridized carbons (Fsp3) is 0.875. The van der Waals surface area contributed by atoms with Crippen molar-refractivity contribution in [2.24, 2.45) is 11.7 Å². The van der Waals surface area contributed by atoms with Crippen molar-refractivity contribution in [3.05, 3.63) is 0 Å². The molecule has 0 saturated carbocycles. The van der Waals surface area contributed by atoms with Crippen LogP contribution in [0.4, 0.5) is 0 Å². The van der Waals surface area contributed by atoms with Gasteiger partial charge in [0.1, 0.15) is 0 Å². The molecule has 2 unspecified atom stereocenters. The summed E-state index contributed by atoms with van der Waals surface area (Å²) in [6.45, 7) is 1.69. The van der Waals surface area contributed by atoms with Crippen LogP contribution in [-0.2, 0) is 9.53 Å². The molecule has 14 heavy (non-hydrogen) atoms. The minimum absolute atomic E-state index is 0. The normalized spacial score (nSPS) is 27.3. The third kappa shape index (κ3) is 4.00. The van der Waals surface area contributed by atoms with E-state index in [1.54, 1.807) is 7.11 Å². The van der Waals surface area contributed by atoms with Crippen LogP contribution in [0.1, 0.15) is 6.42 Å². The fourth-order valence-corrected chi connectivity index (χ4v) is 1.65. The quantitative estimate of drug-likeness (QED) is 0.760. The molecule has 0 aromatic carbocycles. The van der Waals surface area contributed by atoms with Crippen LogP contribution in [0.25, 0.3) is 0 Å². The number of rotatable bonds is 2. The van der Waals surface area contributed by atoms with Crippen LogP contribution >= 0.6 is 24.8 Å². The highest BCUT2D eigenvalue weighted by Crippen LogP contribution is 2.17. The van der Waals surface area contributed by atoms with Crippen LogP contribution in [0.2, 0.25) is 0 Å². The van der Waals surface area contributed by atoms with Crippen molar-refractivity contribution in [1.82, 2.24) is 4.90 Å². The number of hydrogen-bond acceptors (Lipinski definition) is 3. The van der Waals surface area contributed by atoms with Gasteiger partial charge in [-0.2, -0.15) is 0 Å². The van der Waals surface area contributed by atoms with Gasteiger partial charge in [-0.3, -0.25) is 4.79 Å². The monoisotopic (exact) mass is 244 g/mol. The third-order valence-corrected chi connectivity index (χ3v) is 2.42. The standard InChI is InChI=1S/C8H16N2O2.2ClH/c1-10-4-3-7(12-2)6(5-10)8(9)11;;/h6-7H,3-5H2,1-2H3,(H2,9,11);2*1H. The molecular formula is C8H18Cl2N2O2. The predicted molar refractivity (Wildman–Crippen MR) is 60.1 cm³/mol. The van der Waals surface area contributed by atoms with Gasteiger partial charge >= 0.3 is 0 Å². The molecule has 1 aliphatic heterocycles. The van der Waals surface area contributed by atoms with Crippen molar-refractivity contribution in [2.75, 3.05) is 27.2 Å². The SMILES string of the molecule is COC1CCN(C)CC1C(N)=O.Cl.Cl. The second kappa shape index (κ2) is 7.29. The minimum atomic E-state index is -0.256. The Kier molecular flexibility index (Phi) is 8.54. The Bertz CT molecular complexity index is 181. The molecule has 0 bridgehead atoms. The zero-order chi connectivity index (χ0) is 9.14. The van der Waals surface area contributed by atoms with Gasteiger partial charge in [0, 0.05) is 20.2 Å². The molecule has 6 heteroatoms. The first-order valence-electron chi connectivity index (χ1n) is 4.15. The van der Waals surface area contributed by atoms with Crippen molar-refractivity contribution < 1.29 is 9.53 Å². The second-order valence-corrected chi connectivity index (χ2v) is 3.33. The number of halogens is 2. The maximum Gasteiger partial charge on any atom is 0.224 e. The average Bonchev–Trinajstić information content (AvgIpc) is 2.04. The van der Waals surface area contributed by atoms with E-state index in [-0.39, 0.29) is 42.7 Å². The van der Waals surface area contributed by atoms with Gasteiger partial charge in [-0.05, 0) is 13.5 Å². The number of hydrogen-bond donors (Lipinski definition) is 1. The molecule has 0 aromatic heterocycles. The summed E-state index contributed by atoms with van der Waals surface area (Å²) >= 11 is 0. The number of carbonyl (C=O) groups excluding carboxylic acids is 1. The number of likely N-dealkylation sites (tertiary alicyclic amines) is 1. The lowest BCUT2D eigenvalue weighted by Gasteiger charge is -2.33. The smallest absolute Gasteiger partial charge is 0.224 e. The number of methoxy groups -OCH3 is 1. The van der Waals surface area contributed by atoms with Gasteiger partial charge < -0.3 is 15.4 Å². The summed E-state index contributed by atoms with van der Waals surface area (Å²) in [5, 5.41) is 0. The van der Waals surface area contributed by atoms with Crippen LogP contribution in [0.15, 0.2) is 0 Å². The van der Waals surface area contributed by atoms with E-state index in [0.29, 0.717) is 6.54 Å². The van der Waals surface area contributed by atoms with Crippen LogP contribution < -0.4 is 5.73 Å². The highest BCUT2D eigenvalue weighted by molar-refractivity contribution is 5.85. The van der Waals surface area contributed by atoms with Gasteiger partial charge in [-0.15, -0.1) is 24.8 Å². The Labute approximate surface area is 97.0 Å². The van der Waals surface area contributed by atoms with Crippen molar-refractivity contribution in [3.8, 4) is 0 Å². The van der Waals surface area contributed by atoms with Gasteiger partial charge in [-0.25, -0.2) is 0 Å². The molecule has 1 rings (SSSR count). The summed E-state index contributed by atoms with van der Waals surface area (Å²) in [7, 11) is 3.62. The Morgan fingerprint density at radius 3 is 2.50 bits per heavy atom. The van der Waals surface area contributed by atoms with Gasteiger partial charge in [-0.1, -0.05) is 0 Å². The number of nitrogens with two attached hydrogens (primary N) is 1. The van der Waals surface area contributed by atoms with E-state index in [1.807, 2.05) is 7.05 Å². The Hall–Kier alpha value is -0.0300. The van der Waals surface area contributed by atoms with Gasteiger partial charge in [0.25, 0.3) is 0 Å². The highest BCUT2D eigenvalue weighted by Gasteiger charge is 2.31. The summed E-state index contributed by atoms with van der Waals surface area (Å²) in [6.07, 6.45) is 0.902. The molecule has 1 amide bonds. The summed E-state index contributed by atoms with van der Waals surface area (Å²) in [5.41, 5.74) is 5.25. The van der Waals surface area contributed by atoms with E-state index in [4.69, 9.17) is 10.5 Å². The molecule has 1 fully saturated rings. The lowest BCUT2D eigenvalue weighted by atomic mass is 9.94. The van der Waals surface area contributed by atoms with Crippen molar-refractivity contribution in [1.29, 1.82) is 0 Å². The van der Waals surface area contributed by atoms with E-state index >= 15 is 0 Å². The number of ether oxygens (including phenoxy) is 1. The number of nitrogens with zero attached hydrogens (tertiary/aromatic N) is 1. The number of amides is 1.